The van der Waals surface area contributed by atoms with Crippen LogP contribution in [0.1, 0.15) is 18.9 Å². The molecule has 0 amide bonds. The van der Waals surface area contributed by atoms with Crippen molar-refractivity contribution in [3.63, 3.8) is 0 Å². The van der Waals surface area contributed by atoms with Gasteiger partial charge in [0.05, 0.1) is 11.1 Å². The highest BCUT2D eigenvalue weighted by Crippen LogP contribution is 2.25. The van der Waals surface area contributed by atoms with E-state index in [0.29, 0.717) is 5.37 Å². The van der Waals surface area contributed by atoms with Gasteiger partial charge in [0, 0.05) is 5.75 Å². The van der Waals surface area contributed by atoms with Gasteiger partial charge in [-0.1, -0.05) is 37.3 Å². The first kappa shape index (κ1) is 8.82. The highest BCUT2D eigenvalue weighted by atomic mass is 32.2. The van der Waals surface area contributed by atoms with Crippen LogP contribution >= 0.6 is 11.8 Å². The third-order valence-corrected chi connectivity index (χ3v) is 3.43. The summed E-state index contributed by atoms with van der Waals surface area (Å²) in [6.45, 7) is 2.19. The van der Waals surface area contributed by atoms with Gasteiger partial charge < -0.3 is 0 Å². The van der Waals surface area contributed by atoms with Crippen LogP contribution in [0.25, 0.3) is 0 Å². The number of nitrogens with zero attached hydrogens (tertiary/aromatic N) is 1. The molecular formula is C11H13NS. The smallest absolute Gasteiger partial charge is 0.0956 e. The second-order valence-electron chi connectivity index (χ2n) is 3.12. The molecule has 1 nitrogen and oxygen atoms in total. The zero-order chi connectivity index (χ0) is 9.10. The van der Waals surface area contributed by atoms with E-state index >= 15 is 0 Å². The van der Waals surface area contributed by atoms with E-state index in [4.69, 9.17) is 0 Å². The summed E-state index contributed by atoms with van der Waals surface area (Å²) in [6, 6.07) is 10.5. The van der Waals surface area contributed by atoms with Gasteiger partial charge in [-0.2, -0.15) is 0 Å². The van der Waals surface area contributed by atoms with Crippen LogP contribution in [0.2, 0.25) is 0 Å². The molecule has 0 saturated carbocycles. The minimum absolute atomic E-state index is 0.496. The first-order valence-electron chi connectivity index (χ1n) is 4.64. The third kappa shape index (κ3) is 1.94. The summed E-state index contributed by atoms with van der Waals surface area (Å²) >= 11 is 1.94. The van der Waals surface area contributed by atoms with Gasteiger partial charge in [-0.05, 0) is 12.0 Å². The van der Waals surface area contributed by atoms with Gasteiger partial charge in [-0.3, -0.25) is 4.99 Å². The minimum atomic E-state index is 0.496. The van der Waals surface area contributed by atoms with Gasteiger partial charge >= 0.3 is 0 Å². The van der Waals surface area contributed by atoms with Crippen molar-refractivity contribution in [1.29, 1.82) is 0 Å². The van der Waals surface area contributed by atoms with E-state index in [9.17, 15) is 0 Å². The van der Waals surface area contributed by atoms with Crippen molar-refractivity contribution in [2.75, 3.05) is 5.75 Å². The van der Waals surface area contributed by atoms with Crippen LogP contribution < -0.4 is 0 Å². The Kier molecular flexibility index (Phi) is 2.69. The quantitative estimate of drug-likeness (QED) is 0.700. The predicted octanol–water partition coefficient (Wildman–Crippen LogP) is 2.96. The van der Waals surface area contributed by atoms with Crippen molar-refractivity contribution >= 4 is 17.5 Å². The maximum absolute atomic E-state index is 4.66. The zero-order valence-corrected chi connectivity index (χ0v) is 8.55. The highest BCUT2D eigenvalue weighted by Gasteiger charge is 2.16. The number of hydrogen-bond donors (Lipinski definition) is 0. The van der Waals surface area contributed by atoms with Crippen molar-refractivity contribution in [3.8, 4) is 0 Å². The molecule has 1 heterocycles. The molecule has 1 aromatic carbocycles. The van der Waals surface area contributed by atoms with Crippen LogP contribution in [0.15, 0.2) is 35.3 Å². The summed E-state index contributed by atoms with van der Waals surface area (Å²) in [4.78, 5) is 4.66. The lowest BCUT2D eigenvalue weighted by atomic mass is 10.1. The van der Waals surface area contributed by atoms with Gasteiger partial charge in [0.1, 0.15) is 0 Å². The molecule has 0 spiro atoms. The molecule has 1 atom stereocenters. The topological polar surface area (TPSA) is 12.4 Å². The molecule has 0 aliphatic carbocycles. The van der Waals surface area contributed by atoms with E-state index in [0.717, 1.165) is 12.2 Å². The number of rotatable bonds is 2. The third-order valence-electron chi connectivity index (χ3n) is 2.17. The minimum Gasteiger partial charge on any atom is -0.274 e. The van der Waals surface area contributed by atoms with Crippen LogP contribution in [0.5, 0.6) is 0 Å². The molecule has 13 heavy (non-hydrogen) atoms. The maximum Gasteiger partial charge on any atom is 0.0956 e. The summed E-state index contributed by atoms with van der Waals surface area (Å²) in [5.74, 6) is 1.07. The fourth-order valence-corrected chi connectivity index (χ4v) is 2.45. The average molecular weight is 191 g/mol. The van der Waals surface area contributed by atoms with Gasteiger partial charge in [-0.15, -0.1) is 11.8 Å². The monoisotopic (exact) mass is 191 g/mol. The number of aliphatic imine (C=N–C) groups is 1. The van der Waals surface area contributed by atoms with Gasteiger partial charge in [0.15, 0.2) is 0 Å². The molecule has 1 aromatic rings. The van der Waals surface area contributed by atoms with E-state index in [2.05, 4.69) is 36.2 Å². The zero-order valence-electron chi connectivity index (χ0n) is 7.73. The fourth-order valence-electron chi connectivity index (χ4n) is 1.42. The number of benzene rings is 1. The SMILES string of the molecule is CCC1N=C(c2ccccc2)CS1. The van der Waals surface area contributed by atoms with E-state index < -0.39 is 0 Å². The van der Waals surface area contributed by atoms with Crippen LogP contribution in [-0.2, 0) is 0 Å². The summed E-state index contributed by atoms with van der Waals surface area (Å²) in [6.07, 6.45) is 1.14. The molecule has 0 fully saturated rings. The molecule has 0 saturated heterocycles. The van der Waals surface area contributed by atoms with E-state index in [1.165, 1.54) is 11.3 Å². The van der Waals surface area contributed by atoms with Crippen molar-refractivity contribution < 1.29 is 0 Å². The molecule has 1 unspecified atom stereocenters. The Morgan fingerprint density at radius 1 is 1.38 bits per heavy atom. The molecule has 0 aromatic heterocycles. The van der Waals surface area contributed by atoms with Crippen LogP contribution in [0.4, 0.5) is 0 Å². The summed E-state index contributed by atoms with van der Waals surface area (Å²) in [7, 11) is 0. The molecule has 1 aliphatic heterocycles. The molecule has 0 N–H and O–H groups in total. The molecule has 0 bridgehead atoms. The summed E-state index contributed by atoms with van der Waals surface area (Å²) in [5, 5.41) is 0.496. The molecule has 1 aliphatic rings. The van der Waals surface area contributed by atoms with Crippen LogP contribution in [-0.4, -0.2) is 16.8 Å². The number of thioether (sulfide) groups is 1. The lowest BCUT2D eigenvalue weighted by Crippen LogP contribution is -1.98. The summed E-state index contributed by atoms with van der Waals surface area (Å²) in [5.41, 5.74) is 2.54. The standard InChI is InChI=1S/C11H13NS/c1-2-11-12-10(8-13-11)9-6-4-3-5-7-9/h3-7,11H,2,8H2,1H3. The summed E-state index contributed by atoms with van der Waals surface area (Å²) < 4.78 is 0. The number of hydrogen-bond acceptors (Lipinski definition) is 2. The first-order chi connectivity index (χ1) is 6.40. The van der Waals surface area contributed by atoms with E-state index in [-0.39, 0.29) is 0 Å². The van der Waals surface area contributed by atoms with Crippen LogP contribution in [0, 0.1) is 0 Å². The van der Waals surface area contributed by atoms with Gasteiger partial charge in [0.2, 0.25) is 0 Å². The molecule has 68 valence electrons. The second-order valence-corrected chi connectivity index (χ2v) is 4.28. The van der Waals surface area contributed by atoms with E-state index in [1.807, 2.05) is 17.8 Å². The van der Waals surface area contributed by atoms with Crippen molar-refractivity contribution in [2.24, 2.45) is 4.99 Å². The Morgan fingerprint density at radius 2 is 2.15 bits per heavy atom. The van der Waals surface area contributed by atoms with Gasteiger partial charge in [0.25, 0.3) is 0 Å². The Hall–Kier alpha value is -0.760. The molecule has 0 radical (unpaired) electrons. The Morgan fingerprint density at radius 3 is 2.77 bits per heavy atom. The van der Waals surface area contributed by atoms with Crippen LogP contribution in [0.3, 0.4) is 0 Å². The largest absolute Gasteiger partial charge is 0.274 e. The van der Waals surface area contributed by atoms with E-state index in [1.54, 1.807) is 0 Å². The Labute approximate surface area is 83.3 Å². The normalized spacial score (nSPS) is 21.6. The predicted molar refractivity (Wildman–Crippen MR) is 59.5 cm³/mol. The lowest BCUT2D eigenvalue weighted by molar-refractivity contribution is 0.881. The van der Waals surface area contributed by atoms with Crippen molar-refractivity contribution in [1.82, 2.24) is 0 Å². The Balaban J connectivity index is 2.19. The second kappa shape index (κ2) is 3.97. The van der Waals surface area contributed by atoms with Gasteiger partial charge in [-0.25, -0.2) is 0 Å². The fraction of sp³-hybridized carbons (Fsp3) is 0.364. The molecule has 2 heteroatoms. The highest BCUT2D eigenvalue weighted by molar-refractivity contribution is 8.00. The molecular weight excluding hydrogens is 178 g/mol. The Bertz CT molecular complexity index is 305. The lowest BCUT2D eigenvalue weighted by Gasteiger charge is -1.97. The average Bonchev–Trinajstić information content (AvgIpc) is 2.67. The van der Waals surface area contributed by atoms with Crippen molar-refractivity contribution in [2.45, 2.75) is 18.7 Å². The van der Waals surface area contributed by atoms with Crippen molar-refractivity contribution in [3.05, 3.63) is 35.9 Å². The molecule has 2 rings (SSSR count). The maximum atomic E-state index is 4.66. The first-order valence-corrected chi connectivity index (χ1v) is 5.68.